The van der Waals surface area contributed by atoms with Crippen molar-refractivity contribution >= 4 is 23.5 Å². The third kappa shape index (κ3) is 6.94. The van der Waals surface area contributed by atoms with E-state index in [2.05, 4.69) is 10.6 Å². The third-order valence-electron chi connectivity index (χ3n) is 3.70. The molecule has 0 heterocycles. The summed E-state index contributed by atoms with van der Waals surface area (Å²) in [6, 6.07) is 12.2. The van der Waals surface area contributed by atoms with Gasteiger partial charge in [0.2, 0.25) is 0 Å². The maximum atomic E-state index is 11.9. The van der Waals surface area contributed by atoms with E-state index in [1.165, 1.54) is 25.3 Å². The van der Waals surface area contributed by atoms with Crippen LogP contribution in [0.5, 0.6) is 5.75 Å². The maximum absolute atomic E-state index is 11.9. The van der Waals surface area contributed by atoms with E-state index in [-0.39, 0.29) is 17.8 Å². The molecule has 2 amide bonds. The van der Waals surface area contributed by atoms with Gasteiger partial charge in [0.05, 0.1) is 12.0 Å². The number of rotatable bonds is 9. The van der Waals surface area contributed by atoms with E-state index in [0.717, 1.165) is 11.6 Å². The number of esters is 1. The second kappa shape index (κ2) is 10.4. The molecule has 10 nitrogen and oxygen atoms in total. The van der Waals surface area contributed by atoms with Crippen molar-refractivity contribution in [1.82, 2.24) is 10.6 Å². The number of benzene rings is 2. The quantitative estimate of drug-likeness (QED) is 0.366. The van der Waals surface area contributed by atoms with Crippen molar-refractivity contribution < 1.29 is 28.8 Å². The van der Waals surface area contributed by atoms with Gasteiger partial charge in [0.1, 0.15) is 12.3 Å². The summed E-state index contributed by atoms with van der Waals surface area (Å²) in [7, 11) is 1.54. The van der Waals surface area contributed by atoms with E-state index in [1.54, 1.807) is 24.3 Å². The molecule has 0 radical (unpaired) electrons. The van der Waals surface area contributed by atoms with E-state index >= 15 is 0 Å². The van der Waals surface area contributed by atoms with Crippen LogP contribution >= 0.6 is 0 Å². The molecule has 0 aliphatic rings. The van der Waals surface area contributed by atoms with Crippen molar-refractivity contribution in [3.05, 3.63) is 69.8 Å². The van der Waals surface area contributed by atoms with Crippen molar-refractivity contribution in [2.45, 2.75) is 6.54 Å². The molecule has 2 aromatic carbocycles. The molecule has 152 valence electrons. The van der Waals surface area contributed by atoms with Crippen LogP contribution in [-0.2, 0) is 20.9 Å². The lowest BCUT2D eigenvalue weighted by molar-refractivity contribution is -0.384. The second-order valence-electron chi connectivity index (χ2n) is 5.78. The van der Waals surface area contributed by atoms with Crippen molar-refractivity contribution in [2.75, 3.05) is 20.3 Å². The Morgan fingerprint density at radius 3 is 2.55 bits per heavy atom. The summed E-state index contributed by atoms with van der Waals surface area (Å²) in [5, 5.41) is 15.6. The van der Waals surface area contributed by atoms with Crippen LogP contribution < -0.4 is 15.4 Å². The number of nitrogens with zero attached hydrogens (tertiary/aromatic N) is 1. The first-order valence-corrected chi connectivity index (χ1v) is 8.47. The average Bonchev–Trinajstić information content (AvgIpc) is 2.74. The normalized spacial score (nSPS) is 9.97. The first kappa shape index (κ1) is 21.4. The Hall–Kier alpha value is -3.95. The first-order valence-electron chi connectivity index (χ1n) is 8.47. The summed E-state index contributed by atoms with van der Waals surface area (Å²) in [6.07, 6.45) is 0. The lowest BCUT2D eigenvalue weighted by Gasteiger charge is -2.08. The van der Waals surface area contributed by atoms with Crippen LogP contribution in [-0.4, -0.2) is 43.0 Å². The summed E-state index contributed by atoms with van der Waals surface area (Å²) in [4.78, 5) is 45.5. The van der Waals surface area contributed by atoms with E-state index in [1.807, 2.05) is 0 Å². The van der Waals surface area contributed by atoms with Crippen molar-refractivity contribution in [3.8, 4) is 5.75 Å². The Morgan fingerprint density at radius 2 is 1.83 bits per heavy atom. The predicted molar refractivity (Wildman–Crippen MR) is 101 cm³/mol. The molecule has 0 saturated heterocycles. The van der Waals surface area contributed by atoms with Gasteiger partial charge in [-0.2, -0.15) is 0 Å². The van der Waals surface area contributed by atoms with Gasteiger partial charge in [0, 0.05) is 24.2 Å². The van der Waals surface area contributed by atoms with Gasteiger partial charge in [-0.15, -0.1) is 0 Å². The monoisotopic (exact) mass is 401 g/mol. The number of nitro groups is 1. The molecule has 2 rings (SSSR count). The van der Waals surface area contributed by atoms with Crippen LogP contribution in [0.1, 0.15) is 15.9 Å². The molecule has 0 bridgehead atoms. The fourth-order valence-electron chi connectivity index (χ4n) is 2.25. The summed E-state index contributed by atoms with van der Waals surface area (Å²) >= 11 is 0. The van der Waals surface area contributed by atoms with E-state index in [0.29, 0.717) is 5.75 Å². The summed E-state index contributed by atoms with van der Waals surface area (Å²) < 4.78 is 9.87. The SMILES string of the molecule is COc1cccc(CNC(=O)COC(=O)CNC(=O)c2cccc([N+](=O)[O-])c2)c1. The molecule has 0 aliphatic carbocycles. The predicted octanol–water partition coefficient (Wildman–Crippen LogP) is 1.19. The summed E-state index contributed by atoms with van der Waals surface area (Å²) in [5.74, 6) is -1.35. The molecular formula is C19H19N3O7. The summed E-state index contributed by atoms with van der Waals surface area (Å²) in [5.41, 5.74) is 0.601. The number of non-ortho nitro benzene ring substituents is 1. The lowest BCUT2D eigenvalue weighted by atomic mass is 10.2. The van der Waals surface area contributed by atoms with Gasteiger partial charge in [-0.3, -0.25) is 24.5 Å². The van der Waals surface area contributed by atoms with Gasteiger partial charge >= 0.3 is 5.97 Å². The van der Waals surface area contributed by atoms with Crippen molar-refractivity contribution in [2.24, 2.45) is 0 Å². The van der Waals surface area contributed by atoms with Crippen molar-refractivity contribution in [1.29, 1.82) is 0 Å². The molecule has 0 aliphatic heterocycles. The fraction of sp³-hybridized carbons (Fsp3) is 0.211. The highest BCUT2D eigenvalue weighted by molar-refractivity contribution is 5.96. The van der Waals surface area contributed by atoms with Crippen LogP contribution in [0, 0.1) is 10.1 Å². The number of nitro benzene ring substituents is 1. The van der Waals surface area contributed by atoms with Gasteiger partial charge < -0.3 is 20.1 Å². The highest BCUT2D eigenvalue weighted by Crippen LogP contribution is 2.13. The molecule has 0 aromatic heterocycles. The number of methoxy groups -OCH3 is 1. The van der Waals surface area contributed by atoms with E-state index in [4.69, 9.17) is 9.47 Å². The van der Waals surface area contributed by atoms with Gasteiger partial charge in [-0.1, -0.05) is 18.2 Å². The van der Waals surface area contributed by atoms with Crippen molar-refractivity contribution in [3.63, 3.8) is 0 Å². The average molecular weight is 401 g/mol. The molecule has 29 heavy (non-hydrogen) atoms. The molecular weight excluding hydrogens is 382 g/mol. The van der Waals surface area contributed by atoms with Crippen LogP contribution in [0.4, 0.5) is 5.69 Å². The fourth-order valence-corrected chi connectivity index (χ4v) is 2.25. The Bertz CT molecular complexity index is 914. The Balaban J connectivity index is 1.72. The molecule has 10 heteroatoms. The maximum Gasteiger partial charge on any atom is 0.325 e. The number of hydrogen-bond acceptors (Lipinski definition) is 7. The van der Waals surface area contributed by atoms with Crippen LogP contribution in [0.3, 0.4) is 0 Å². The number of hydrogen-bond donors (Lipinski definition) is 2. The Morgan fingerprint density at radius 1 is 1.07 bits per heavy atom. The van der Waals surface area contributed by atoms with Gasteiger partial charge in [-0.25, -0.2) is 0 Å². The standard InChI is InChI=1S/C19H19N3O7/c1-28-16-7-2-4-13(8-16)10-20-17(23)12-29-18(24)11-21-19(25)14-5-3-6-15(9-14)22(26)27/h2-9H,10-12H2,1H3,(H,20,23)(H,21,25). The number of ether oxygens (including phenoxy) is 2. The van der Waals surface area contributed by atoms with E-state index in [9.17, 15) is 24.5 Å². The zero-order valence-electron chi connectivity index (χ0n) is 15.5. The smallest absolute Gasteiger partial charge is 0.325 e. The first-order chi connectivity index (χ1) is 13.9. The molecule has 0 unspecified atom stereocenters. The van der Waals surface area contributed by atoms with Crippen LogP contribution in [0.2, 0.25) is 0 Å². The highest BCUT2D eigenvalue weighted by atomic mass is 16.6. The van der Waals surface area contributed by atoms with Crippen LogP contribution in [0.25, 0.3) is 0 Å². The molecule has 0 saturated carbocycles. The van der Waals surface area contributed by atoms with E-state index < -0.39 is 35.9 Å². The third-order valence-corrected chi connectivity index (χ3v) is 3.70. The topological polar surface area (TPSA) is 137 Å². The minimum Gasteiger partial charge on any atom is -0.497 e. The zero-order valence-corrected chi connectivity index (χ0v) is 15.5. The van der Waals surface area contributed by atoms with Crippen LogP contribution in [0.15, 0.2) is 48.5 Å². The highest BCUT2D eigenvalue weighted by Gasteiger charge is 2.13. The Labute approximate surface area is 166 Å². The lowest BCUT2D eigenvalue weighted by Crippen LogP contribution is -2.33. The van der Waals surface area contributed by atoms with Gasteiger partial charge in [0.25, 0.3) is 17.5 Å². The largest absolute Gasteiger partial charge is 0.497 e. The molecule has 2 N–H and O–H groups in total. The van der Waals surface area contributed by atoms with Gasteiger partial charge in [-0.05, 0) is 23.8 Å². The number of carbonyl (C=O) groups is 3. The van der Waals surface area contributed by atoms with Gasteiger partial charge in [0.15, 0.2) is 6.61 Å². The minimum absolute atomic E-state index is 0.0306. The summed E-state index contributed by atoms with van der Waals surface area (Å²) in [6.45, 7) is -0.753. The molecule has 0 atom stereocenters. The molecule has 0 fully saturated rings. The number of nitrogens with one attached hydrogen (secondary N) is 2. The second-order valence-corrected chi connectivity index (χ2v) is 5.78. The number of amides is 2. The number of carbonyl (C=O) groups excluding carboxylic acids is 3. The minimum atomic E-state index is -0.819. The molecule has 2 aromatic rings. The molecule has 0 spiro atoms. The zero-order chi connectivity index (χ0) is 21.2. The Kier molecular flexibility index (Phi) is 7.66.